The Morgan fingerprint density at radius 1 is 1.44 bits per heavy atom. The van der Waals surface area contributed by atoms with E-state index in [4.69, 9.17) is 4.74 Å². The lowest BCUT2D eigenvalue weighted by Gasteiger charge is -2.38. The summed E-state index contributed by atoms with van der Waals surface area (Å²) in [6.45, 7) is 6.22. The molecule has 18 heavy (non-hydrogen) atoms. The van der Waals surface area contributed by atoms with Crippen molar-refractivity contribution in [2.24, 2.45) is 5.41 Å². The van der Waals surface area contributed by atoms with Crippen LogP contribution in [-0.2, 0) is 11.3 Å². The normalized spacial score (nSPS) is 17.7. The maximum atomic E-state index is 12.3. The smallest absolute Gasteiger partial charge is 0.261 e. The summed E-state index contributed by atoms with van der Waals surface area (Å²) < 4.78 is 6.91. The molecule has 0 atom stereocenters. The van der Waals surface area contributed by atoms with Gasteiger partial charge in [-0.1, -0.05) is 13.0 Å². The van der Waals surface area contributed by atoms with Crippen LogP contribution in [0, 0.1) is 12.3 Å². The fourth-order valence-corrected chi connectivity index (χ4v) is 2.33. The van der Waals surface area contributed by atoms with E-state index in [0.29, 0.717) is 25.1 Å². The molecule has 0 unspecified atom stereocenters. The van der Waals surface area contributed by atoms with Crippen molar-refractivity contribution in [1.29, 1.82) is 0 Å². The van der Waals surface area contributed by atoms with Gasteiger partial charge in [0.2, 0.25) is 0 Å². The molecule has 2 aromatic rings. The number of hydrogen-bond acceptors (Lipinski definition) is 3. The van der Waals surface area contributed by atoms with Gasteiger partial charge in [-0.15, -0.1) is 0 Å². The molecule has 2 heterocycles. The van der Waals surface area contributed by atoms with Crippen LogP contribution in [0.3, 0.4) is 0 Å². The van der Waals surface area contributed by atoms with Gasteiger partial charge in [-0.05, 0) is 24.6 Å². The van der Waals surface area contributed by atoms with Gasteiger partial charge in [0.1, 0.15) is 0 Å². The van der Waals surface area contributed by atoms with Gasteiger partial charge >= 0.3 is 0 Å². The van der Waals surface area contributed by atoms with Crippen LogP contribution >= 0.6 is 0 Å². The molecule has 3 rings (SSSR count). The van der Waals surface area contributed by atoms with Gasteiger partial charge in [0.15, 0.2) is 0 Å². The number of aromatic nitrogens is 2. The van der Waals surface area contributed by atoms with Crippen LogP contribution in [0.4, 0.5) is 0 Å². The molecule has 1 aliphatic rings. The SMILES string of the molecule is Cc1ccc2c(=O)n(CC3(C)COC3)cnc2c1. The molecule has 94 valence electrons. The van der Waals surface area contributed by atoms with E-state index in [9.17, 15) is 4.79 Å². The zero-order valence-corrected chi connectivity index (χ0v) is 10.6. The van der Waals surface area contributed by atoms with Gasteiger partial charge in [0.05, 0.1) is 30.4 Å². The molecule has 0 bridgehead atoms. The van der Waals surface area contributed by atoms with E-state index in [-0.39, 0.29) is 11.0 Å². The quantitative estimate of drug-likeness (QED) is 0.808. The first kappa shape index (κ1) is 11.4. The Bertz CT molecular complexity index is 656. The summed E-state index contributed by atoms with van der Waals surface area (Å²) >= 11 is 0. The minimum atomic E-state index is 0.0353. The summed E-state index contributed by atoms with van der Waals surface area (Å²) in [7, 11) is 0. The van der Waals surface area contributed by atoms with Gasteiger partial charge in [-0.25, -0.2) is 4.98 Å². The maximum absolute atomic E-state index is 12.3. The second-order valence-electron chi connectivity index (χ2n) is 5.50. The molecule has 4 heteroatoms. The van der Waals surface area contributed by atoms with Crippen molar-refractivity contribution in [2.75, 3.05) is 13.2 Å². The third-order valence-electron chi connectivity index (χ3n) is 3.43. The van der Waals surface area contributed by atoms with Crippen molar-refractivity contribution in [3.05, 3.63) is 40.4 Å². The molecule has 1 saturated heterocycles. The minimum absolute atomic E-state index is 0.0353. The van der Waals surface area contributed by atoms with Gasteiger partial charge in [-0.3, -0.25) is 9.36 Å². The number of fused-ring (bicyclic) bond motifs is 1. The predicted octanol–water partition coefficient (Wildman–Crippen LogP) is 1.74. The lowest BCUT2D eigenvalue weighted by molar-refractivity contribution is -0.110. The van der Waals surface area contributed by atoms with Crippen LogP contribution < -0.4 is 5.56 Å². The summed E-state index contributed by atoms with van der Waals surface area (Å²) in [4.78, 5) is 16.7. The summed E-state index contributed by atoms with van der Waals surface area (Å²) in [6.07, 6.45) is 1.65. The second kappa shape index (κ2) is 3.92. The molecule has 0 radical (unpaired) electrons. The van der Waals surface area contributed by atoms with Gasteiger partial charge in [0.25, 0.3) is 5.56 Å². The Kier molecular flexibility index (Phi) is 2.48. The van der Waals surface area contributed by atoms with Crippen molar-refractivity contribution in [1.82, 2.24) is 9.55 Å². The third-order valence-corrected chi connectivity index (χ3v) is 3.43. The van der Waals surface area contributed by atoms with E-state index in [1.807, 2.05) is 25.1 Å². The topological polar surface area (TPSA) is 44.1 Å². The molecule has 1 fully saturated rings. The van der Waals surface area contributed by atoms with Crippen molar-refractivity contribution >= 4 is 10.9 Å². The van der Waals surface area contributed by atoms with E-state index in [2.05, 4.69) is 11.9 Å². The first-order chi connectivity index (χ1) is 8.57. The fraction of sp³-hybridized carbons (Fsp3) is 0.429. The Hall–Kier alpha value is -1.68. The van der Waals surface area contributed by atoms with E-state index >= 15 is 0 Å². The number of ether oxygens (including phenoxy) is 1. The van der Waals surface area contributed by atoms with Crippen molar-refractivity contribution in [3.8, 4) is 0 Å². The summed E-state index contributed by atoms with van der Waals surface area (Å²) in [5.41, 5.74) is 2.00. The van der Waals surface area contributed by atoms with Crippen LogP contribution in [0.25, 0.3) is 10.9 Å². The van der Waals surface area contributed by atoms with E-state index in [0.717, 1.165) is 11.1 Å². The zero-order chi connectivity index (χ0) is 12.8. The highest BCUT2D eigenvalue weighted by molar-refractivity contribution is 5.77. The van der Waals surface area contributed by atoms with Crippen molar-refractivity contribution < 1.29 is 4.74 Å². The first-order valence-electron chi connectivity index (χ1n) is 6.11. The van der Waals surface area contributed by atoms with Crippen LogP contribution in [0.2, 0.25) is 0 Å². The maximum Gasteiger partial charge on any atom is 0.261 e. The van der Waals surface area contributed by atoms with Crippen molar-refractivity contribution in [2.45, 2.75) is 20.4 Å². The molecule has 0 saturated carbocycles. The monoisotopic (exact) mass is 244 g/mol. The Morgan fingerprint density at radius 3 is 2.89 bits per heavy atom. The molecule has 0 N–H and O–H groups in total. The Balaban J connectivity index is 2.06. The van der Waals surface area contributed by atoms with E-state index < -0.39 is 0 Å². The van der Waals surface area contributed by atoms with Gasteiger partial charge in [-0.2, -0.15) is 0 Å². The largest absolute Gasteiger partial charge is 0.380 e. The predicted molar refractivity (Wildman–Crippen MR) is 69.7 cm³/mol. The molecule has 4 nitrogen and oxygen atoms in total. The number of benzene rings is 1. The standard InChI is InChI=1S/C14H16N2O2/c1-10-3-4-11-12(5-10)15-9-16(13(11)17)6-14(2)7-18-8-14/h3-5,9H,6-8H2,1-2H3. The highest BCUT2D eigenvalue weighted by Gasteiger charge is 2.34. The molecule has 0 spiro atoms. The zero-order valence-electron chi connectivity index (χ0n) is 10.6. The Morgan fingerprint density at radius 2 is 2.22 bits per heavy atom. The van der Waals surface area contributed by atoms with Gasteiger partial charge in [0, 0.05) is 12.0 Å². The highest BCUT2D eigenvalue weighted by atomic mass is 16.5. The first-order valence-corrected chi connectivity index (χ1v) is 6.11. The van der Waals surface area contributed by atoms with Crippen LogP contribution in [0.5, 0.6) is 0 Å². The molecule has 1 aliphatic heterocycles. The van der Waals surface area contributed by atoms with Crippen molar-refractivity contribution in [3.63, 3.8) is 0 Å². The lowest BCUT2D eigenvalue weighted by atomic mass is 9.88. The number of nitrogens with zero attached hydrogens (tertiary/aromatic N) is 2. The van der Waals surface area contributed by atoms with Crippen LogP contribution in [-0.4, -0.2) is 22.8 Å². The summed E-state index contributed by atoms with van der Waals surface area (Å²) in [5.74, 6) is 0. The average molecular weight is 244 g/mol. The summed E-state index contributed by atoms with van der Waals surface area (Å²) in [5, 5.41) is 0.687. The number of hydrogen-bond donors (Lipinski definition) is 0. The fourth-order valence-electron chi connectivity index (χ4n) is 2.33. The van der Waals surface area contributed by atoms with E-state index in [1.54, 1.807) is 10.9 Å². The van der Waals surface area contributed by atoms with Gasteiger partial charge < -0.3 is 4.74 Å². The summed E-state index contributed by atoms with van der Waals surface area (Å²) in [6, 6.07) is 5.75. The van der Waals surface area contributed by atoms with Crippen LogP contribution in [0.1, 0.15) is 12.5 Å². The molecular formula is C14H16N2O2. The average Bonchev–Trinajstić information content (AvgIpc) is 2.31. The second-order valence-corrected chi connectivity index (χ2v) is 5.50. The number of aryl methyl sites for hydroxylation is 1. The number of rotatable bonds is 2. The Labute approximate surface area is 105 Å². The molecule has 0 aliphatic carbocycles. The minimum Gasteiger partial charge on any atom is -0.380 e. The third kappa shape index (κ3) is 1.82. The molecule has 1 aromatic carbocycles. The molecule has 0 amide bonds. The lowest BCUT2D eigenvalue weighted by Crippen LogP contribution is -2.45. The highest BCUT2D eigenvalue weighted by Crippen LogP contribution is 2.27. The molecule has 1 aromatic heterocycles. The van der Waals surface area contributed by atoms with Crippen LogP contribution in [0.15, 0.2) is 29.3 Å². The van der Waals surface area contributed by atoms with E-state index in [1.165, 1.54) is 0 Å². The molecular weight excluding hydrogens is 228 g/mol.